The summed E-state index contributed by atoms with van der Waals surface area (Å²) in [6.45, 7) is 0. The zero-order valence-corrected chi connectivity index (χ0v) is 12.7. The van der Waals surface area contributed by atoms with Gasteiger partial charge in [0.2, 0.25) is 0 Å². The van der Waals surface area contributed by atoms with Gasteiger partial charge in [-0.15, -0.1) is 0 Å². The maximum Gasteiger partial charge on any atom is 0.178 e. The number of pyridine rings is 2. The van der Waals surface area contributed by atoms with Crippen LogP contribution in [0.25, 0.3) is 16.5 Å². The van der Waals surface area contributed by atoms with Crippen molar-refractivity contribution >= 4 is 39.5 Å². The predicted molar refractivity (Wildman–Crippen MR) is 89.9 cm³/mol. The van der Waals surface area contributed by atoms with Gasteiger partial charge in [-0.2, -0.15) is 0 Å². The topological polar surface area (TPSA) is 46.1 Å². The van der Waals surface area contributed by atoms with Gasteiger partial charge in [0, 0.05) is 22.8 Å². The van der Waals surface area contributed by atoms with Crippen LogP contribution in [0.2, 0.25) is 0 Å². The lowest BCUT2D eigenvalue weighted by Gasteiger charge is -2.47. The fraction of sp³-hybridized carbons (Fsp3) is 0.0556. The second kappa shape index (κ2) is 4.18. The summed E-state index contributed by atoms with van der Waals surface area (Å²) in [6.07, 6.45) is 16.2. The summed E-state index contributed by atoms with van der Waals surface area (Å²) in [5.74, 6) is -0.0212. The van der Waals surface area contributed by atoms with Crippen LogP contribution in [0.5, 0.6) is 0 Å². The van der Waals surface area contributed by atoms with Crippen LogP contribution in [0.4, 0.5) is 5.69 Å². The van der Waals surface area contributed by atoms with E-state index in [9.17, 15) is 4.79 Å². The summed E-state index contributed by atoms with van der Waals surface area (Å²) in [4.78, 5) is 22.8. The van der Waals surface area contributed by atoms with E-state index in [2.05, 4.69) is 14.9 Å². The molecule has 0 saturated carbocycles. The minimum atomic E-state index is -0.593. The Hall–Kier alpha value is -2.72. The SMILES string of the molecule is O=C1C=CC23C=C(Cl)C=CN2c2cncc4nccc(c24)C3=C1. The molecule has 4 nitrogen and oxygen atoms in total. The number of carbonyl (C=O) groups excluding carboxylic acids is 1. The van der Waals surface area contributed by atoms with E-state index in [1.165, 1.54) is 0 Å². The van der Waals surface area contributed by atoms with Gasteiger partial charge in [0.1, 0.15) is 5.54 Å². The highest BCUT2D eigenvalue weighted by atomic mass is 35.5. The molecule has 1 spiro atoms. The molecule has 0 aromatic carbocycles. The molecule has 5 heteroatoms. The van der Waals surface area contributed by atoms with E-state index in [0.717, 1.165) is 27.7 Å². The highest BCUT2D eigenvalue weighted by Gasteiger charge is 2.44. The van der Waals surface area contributed by atoms with Crippen LogP contribution in [0.3, 0.4) is 0 Å². The van der Waals surface area contributed by atoms with Gasteiger partial charge in [0.15, 0.2) is 5.78 Å². The number of anilines is 1. The summed E-state index contributed by atoms with van der Waals surface area (Å²) in [6, 6.07) is 1.95. The summed E-state index contributed by atoms with van der Waals surface area (Å²) in [5, 5.41) is 1.65. The third kappa shape index (κ3) is 1.53. The average Bonchev–Trinajstić information content (AvgIpc) is 2.56. The lowest BCUT2D eigenvalue weighted by Crippen LogP contribution is -2.48. The van der Waals surface area contributed by atoms with Gasteiger partial charge in [-0.3, -0.25) is 14.8 Å². The summed E-state index contributed by atoms with van der Waals surface area (Å²) >= 11 is 6.29. The molecule has 2 aromatic heterocycles. The minimum absolute atomic E-state index is 0.0212. The van der Waals surface area contributed by atoms with E-state index in [-0.39, 0.29) is 5.78 Å². The summed E-state index contributed by atoms with van der Waals surface area (Å²) in [5.41, 5.74) is 3.09. The lowest BCUT2D eigenvalue weighted by atomic mass is 9.74. The van der Waals surface area contributed by atoms with Crippen molar-refractivity contribution in [3.8, 4) is 0 Å². The van der Waals surface area contributed by atoms with Crippen molar-refractivity contribution in [2.45, 2.75) is 5.54 Å². The molecule has 2 aliphatic heterocycles. The summed E-state index contributed by atoms with van der Waals surface area (Å²) < 4.78 is 0. The monoisotopic (exact) mass is 319 g/mol. The first kappa shape index (κ1) is 12.8. The maximum atomic E-state index is 12.0. The van der Waals surface area contributed by atoms with E-state index in [0.29, 0.717) is 5.03 Å². The highest BCUT2D eigenvalue weighted by molar-refractivity contribution is 6.32. The molecule has 3 aliphatic rings. The number of aromatic nitrogens is 2. The largest absolute Gasteiger partial charge is 0.329 e. The highest BCUT2D eigenvalue weighted by Crippen LogP contribution is 2.51. The third-order valence-corrected chi connectivity index (χ3v) is 4.77. The normalized spacial score (nSPS) is 24.2. The van der Waals surface area contributed by atoms with Gasteiger partial charge < -0.3 is 4.90 Å². The number of hydrogen-bond donors (Lipinski definition) is 0. The molecule has 110 valence electrons. The zero-order chi connectivity index (χ0) is 15.6. The molecule has 4 heterocycles. The van der Waals surface area contributed by atoms with E-state index >= 15 is 0 Å². The Morgan fingerprint density at radius 1 is 1.22 bits per heavy atom. The molecule has 0 N–H and O–H groups in total. The Bertz CT molecular complexity index is 1010. The molecular weight excluding hydrogens is 310 g/mol. The van der Waals surface area contributed by atoms with E-state index in [1.54, 1.807) is 24.5 Å². The molecule has 0 bridgehead atoms. The molecule has 2 aromatic rings. The van der Waals surface area contributed by atoms with E-state index in [1.807, 2.05) is 36.7 Å². The molecule has 1 aliphatic carbocycles. The van der Waals surface area contributed by atoms with Crippen molar-refractivity contribution in [1.29, 1.82) is 0 Å². The molecule has 1 unspecified atom stereocenters. The van der Waals surface area contributed by atoms with Gasteiger partial charge in [-0.1, -0.05) is 11.6 Å². The smallest absolute Gasteiger partial charge is 0.178 e. The lowest BCUT2D eigenvalue weighted by molar-refractivity contribution is -0.110. The number of ketones is 1. The van der Waals surface area contributed by atoms with Crippen molar-refractivity contribution in [3.05, 3.63) is 71.8 Å². The Morgan fingerprint density at radius 3 is 3.04 bits per heavy atom. The van der Waals surface area contributed by atoms with Crippen molar-refractivity contribution < 1.29 is 4.79 Å². The Kier molecular flexibility index (Phi) is 2.32. The van der Waals surface area contributed by atoms with E-state index < -0.39 is 5.54 Å². The Labute approximate surface area is 137 Å². The molecule has 0 radical (unpaired) electrons. The van der Waals surface area contributed by atoms with Crippen molar-refractivity contribution in [2.75, 3.05) is 4.90 Å². The number of allylic oxidation sites excluding steroid dienone is 4. The molecule has 23 heavy (non-hydrogen) atoms. The number of halogens is 1. The van der Waals surface area contributed by atoms with Crippen LogP contribution < -0.4 is 4.90 Å². The van der Waals surface area contributed by atoms with Crippen molar-refractivity contribution in [1.82, 2.24) is 9.97 Å². The number of carbonyl (C=O) groups is 1. The number of fused-ring (bicyclic) bond motifs is 2. The Balaban J connectivity index is 1.97. The van der Waals surface area contributed by atoms with Crippen molar-refractivity contribution in [2.24, 2.45) is 0 Å². The zero-order valence-electron chi connectivity index (χ0n) is 11.9. The van der Waals surface area contributed by atoms with Crippen LogP contribution in [0.15, 0.2) is 66.3 Å². The fourth-order valence-corrected chi connectivity index (χ4v) is 3.83. The van der Waals surface area contributed by atoms with Crippen LogP contribution in [0, 0.1) is 0 Å². The van der Waals surface area contributed by atoms with Crippen LogP contribution in [0.1, 0.15) is 5.56 Å². The van der Waals surface area contributed by atoms with Gasteiger partial charge in [0.25, 0.3) is 0 Å². The molecule has 0 fully saturated rings. The predicted octanol–water partition coefficient (Wildman–Crippen LogP) is 3.36. The van der Waals surface area contributed by atoms with Crippen molar-refractivity contribution in [3.63, 3.8) is 0 Å². The second-order valence-electron chi connectivity index (χ2n) is 5.75. The molecular formula is C18H10ClN3O. The van der Waals surface area contributed by atoms with Gasteiger partial charge in [0.05, 0.1) is 23.6 Å². The first-order chi connectivity index (χ1) is 11.2. The number of nitrogens with zero attached hydrogens (tertiary/aromatic N) is 3. The van der Waals surface area contributed by atoms with Crippen LogP contribution >= 0.6 is 11.6 Å². The summed E-state index contributed by atoms with van der Waals surface area (Å²) in [7, 11) is 0. The van der Waals surface area contributed by atoms with E-state index in [4.69, 9.17) is 11.6 Å². The third-order valence-electron chi connectivity index (χ3n) is 4.54. The molecule has 0 saturated heterocycles. The standard InChI is InChI=1S/C18H10ClN3O/c19-11-3-6-22-16-10-20-9-15-17(16)13(2-5-21-15)14-7-12(23)1-4-18(14,22)8-11/h1-10H. The van der Waals surface area contributed by atoms with Gasteiger partial charge in [-0.05, 0) is 47.6 Å². The first-order valence-corrected chi connectivity index (χ1v) is 7.61. The second-order valence-corrected chi connectivity index (χ2v) is 6.18. The van der Waals surface area contributed by atoms with Crippen LogP contribution in [-0.2, 0) is 4.79 Å². The van der Waals surface area contributed by atoms with Crippen LogP contribution in [-0.4, -0.2) is 21.3 Å². The first-order valence-electron chi connectivity index (χ1n) is 7.23. The molecule has 0 amide bonds. The molecule has 5 rings (SSSR count). The Morgan fingerprint density at radius 2 is 2.13 bits per heavy atom. The molecule has 1 atom stereocenters. The van der Waals surface area contributed by atoms with Gasteiger partial charge >= 0.3 is 0 Å². The number of rotatable bonds is 0. The average molecular weight is 320 g/mol. The van der Waals surface area contributed by atoms with Gasteiger partial charge in [-0.25, -0.2) is 0 Å². The quantitative estimate of drug-likeness (QED) is 0.747. The maximum absolute atomic E-state index is 12.0. The minimum Gasteiger partial charge on any atom is -0.329 e. The fourth-order valence-electron chi connectivity index (χ4n) is 3.61. The number of hydrogen-bond acceptors (Lipinski definition) is 4.